The van der Waals surface area contributed by atoms with Crippen molar-refractivity contribution < 1.29 is 21.6 Å². The fourth-order valence-corrected chi connectivity index (χ4v) is 6.24. The van der Waals surface area contributed by atoms with Crippen molar-refractivity contribution in [2.45, 2.75) is 5.25 Å². The van der Waals surface area contributed by atoms with Crippen LogP contribution in [0.15, 0.2) is 66.1 Å². The third kappa shape index (κ3) is 3.85. The number of rotatable bonds is 3. The van der Waals surface area contributed by atoms with E-state index in [2.05, 4.69) is 0 Å². The van der Waals surface area contributed by atoms with Gasteiger partial charge in [0, 0.05) is 5.41 Å². The van der Waals surface area contributed by atoms with E-state index in [-0.39, 0.29) is 5.75 Å². The van der Waals surface area contributed by atoms with Gasteiger partial charge >= 0.3 is 0 Å². The van der Waals surface area contributed by atoms with Crippen molar-refractivity contribution in [1.82, 2.24) is 0 Å². The lowest BCUT2D eigenvalue weighted by molar-refractivity contribution is 0.482. The second kappa shape index (κ2) is 6.41. The van der Waals surface area contributed by atoms with Gasteiger partial charge < -0.3 is 4.74 Å². The number of hydrogen-bond donors (Lipinski definition) is 0. The van der Waals surface area contributed by atoms with Gasteiger partial charge in [0.05, 0.1) is 11.5 Å². The zero-order valence-corrected chi connectivity index (χ0v) is 14.3. The van der Waals surface area contributed by atoms with Crippen LogP contribution in [0.4, 0.5) is 0 Å². The summed E-state index contributed by atoms with van der Waals surface area (Å²) in [4.78, 5) is 0. The molecule has 0 fully saturated rings. The van der Waals surface area contributed by atoms with Crippen LogP contribution in [0.2, 0.25) is 0 Å². The molecule has 1 aliphatic heterocycles. The standard InChI is InChI=1S/C17H16O5S2/c18-23(19)11-4-12-24(20,21)17(13-23)14-7-9-16(10-8-14)22-15-5-2-1-3-6-15/h1-10,12,17H,11,13H2. The van der Waals surface area contributed by atoms with Crippen LogP contribution < -0.4 is 4.74 Å². The largest absolute Gasteiger partial charge is 0.457 e. The molecule has 0 spiro atoms. The Balaban J connectivity index is 1.88. The van der Waals surface area contributed by atoms with Crippen LogP contribution in [0.3, 0.4) is 0 Å². The summed E-state index contributed by atoms with van der Waals surface area (Å²) in [5.74, 6) is 0.548. The van der Waals surface area contributed by atoms with E-state index < -0.39 is 30.7 Å². The molecule has 0 amide bonds. The molecule has 0 aliphatic carbocycles. The molecule has 2 aromatic carbocycles. The quantitative estimate of drug-likeness (QED) is 0.837. The van der Waals surface area contributed by atoms with Crippen molar-refractivity contribution in [1.29, 1.82) is 0 Å². The van der Waals surface area contributed by atoms with Gasteiger partial charge in [0.2, 0.25) is 0 Å². The number of sulfone groups is 2. The molecule has 0 radical (unpaired) electrons. The van der Waals surface area contributed by atoms with Crippen LogP contribution in [0.5, 0.6) is 11.5 Å². The first-order chi connectivity index (χ1) is 11.4. The van der Waals surface area contributed by atoms with Gasteiger partial charge in [-0.05, 0) is 29.8 Å². The third-order valence-electron chi connectivity index (χ3n) is 3.67. The monoisotopic (exact) mass is 364 g/mol. The molecule has 0 bridgehead atoms. The number of para-hydroxylation sites is 1. The Kier molecular flexibility index (Phi) is 4.47. The maximum absolute atomic E-state index is 12.3. The summed E-state index contributed by atoms with van der Waals surface area (Å²) in [6.07, 6.45) is 1.19. The number of benzene rings is 2. The van der Waals surface area contributed by atoms with Crippen molar-refractivity contribution in [2.24, 2.45) is 0 Å². The highest BCUT2D eigenvalue weighted by atomic mass is 32.2. The minimum Gasteiger partial charge on any atom is -0.457 e. The van der Waals surface area contributed by atoms with Crippen LogP contribution in [0.1, 0.15) is 10.8 Å². The summed E-state index contributed by atoms with van der Waals surface area (Å²) < 4.78 is 54.0. The summed E-state index contributed by atoms with van der Waals surface area (Å²) in [6, 6.07) is 15.6. The van der Waals surface area contributed by atoms with Crippen molar-refractivity contribution in [2.75, 3.05) is 11.5 Å². The Labute approximate surface area is 141 Å². The van der Waals surface area contributed by atoms with E-state index >= 15 is 0 Å². The summed E-state index contributed by atoms with van der Waals surface area (Å²) in [7, 11) is -7.10. The summed E-state index contributed by atoms with van der Waals surface area (Å²) in [6.45, 7) is 0. The van der Waals surface area contributed by atoms with E-state index in [0.717, 1.165) is 5.41 Å². The molecule has 7 heteroatoms. The van der Waals surface area contributed by atoms with Gasteiger partial charge in [0.25, 0.3) is 0 Å². The molecule has 1 aliphatic rings. The molecule has 0 aromatic heterocycles. The lowest BCUT2D eigenvalue weighted by atomic mass is 10.1. The van der Waals surface area contributed by atoms with Crippen LogP contribution in [0.25, 0.3) is 0 Å². The second-order valence-corrected chi connectivity index (χ2v) is 9.68. The molecule has 2 aromatic rings. The molecule has 0 saturated heterocycles. The first-order valence-electron chi connectivity index (χ1n) is 7.29. The average Bonchev–Trinajstić information content (AvgIpc) is 2.64. The summed E-state index contributed by atoms with van der Waals surface area (Å²) >= 11 is 0. The Morgan fingerprint density at radius 3 is 2.12 bits per heavy atom. The van der Waals surface area contributed by atoms with Crippen molar-refractivity contribution in [3.05, 3.63) is 71.6 Å². The van der Waals surface area contributed by atoms with Gasteiger partial charge in [0.15, 0.2) is 19.7 Å². The fourth-order valence-electron chi connectivity index (χ4n) is 2.47. The Morgan fingerprint density at radius 2 is 1.46 bits per heavy atom. The zero-order chi connectivity index (χ0) is 17.2. The average molecular weight is 364 g/mol. The van der Waals surface area contributed by atoms with Crippen molar-refractivity contribution in [3.8, 4) is 11.5 Å². The van der Waals surface area contributed by atoms with Gasteiger partial charge in [-0.3, -0.25) is 0 Å². The van der Waals surface area contributed by atoms with Crippen molar-refractivity contribution in [3.63, 3.8) is 0 Å². The van der Waals surface area contributed by atoms with E-state index in [0.29, 0.717) is 17.1 Å². The topological polar surface area (TPSA) is 77.5 Å². The Bertz CT molecular complexity index is 944. The first kappa shape index (κ1) is 16.7. The third-order valence-corrected chi connectivity index (χ3v) is 7.23. The maximum atomic E-state index is 12.3. The van der Waals surface area contributed by atoms with Gasteiger partial charge in [-0.25, -0.2) is 16.8 Å². The van der Waals surface area contributed by atoms with Gasteiger partial charge in [-0.1, -0.05) is 36.4 Å². The molecule has 1 unspecified atom stereocenters. The summed E-state index contributed by atoms with van der Waals surface area (Å²) in [5, 5.41) is -0.0941. The highest BCUT2D eigenvalue weighted by Gasteiger charge is 2.32. The van der Waals surface area contributed by atoms with Crippen LogP contribution in [-0.4, -0.2) is 28.3 Å². The molecule has 0 N–H and O–H groups in total. The fraction of sp³-hybridized carbons (Fsp3) is 0.176. The molecular formula is C17H16O5S2. The molecule has 3 rings (SSSR count). The normalized spacial score (nSPS) is 21.8. The van der Waals surface area contributed by atoms with Gasteiger partial charge in [-0.15, -0.1) is 0 Å². The van der Waals surface area contributed by atoms with Crippen LogP contribution in [0, 0.1) is 0 Å². The first-order valence-corrected chi connectivity index (χ1v) is 10.7. The molecule has 0 saturated carbocycles. The highest BCUT2D eigenvalue weighted by Crippen LogP contribution is 2.30. The molecule has 5 nitrogen and oxygen atoms in total. The van der Waals surface area contributed by atoms with Crippen LogP contribution >= 0.6 is 0 Å². The van der Waals surface area contributed by atoms with E-state index in [9.17, 15) is 16.8 Å². The minimum atomic E-state index is -3.66. The van der Waals surface area contributed by atoms with Gasteiger partial charge in [0.1, 0.15) is 16.7 Å². The lowest BCUT2D eigenvalue weighted by Gasteiger charge is -2.14. The van der Waals surface area contributed by atoms with E-state index in [1.165, 1.54) is 6.08 Å². The van der Waals surface area contributed by atoms with E-state index in [1.54, 1.807) is 36.4 Å². The highest BCUT2D eigenvalue weighted by molar-refractivity contribution is 7.97. The molecule has 1 heterocycles. The molecular weight excluding hydrogens is 348 g/mol. The second-order valence-electron chi connectivity index (χ2n) is 5.51. The van der Waals surface area contributed by atoms with E-state index in [1.807, 2.05) is 18.2 Å². The maximum Gasteiger partial charge on any atom is 0.179 e. The lowest BCUT2D eigenvalue weighted by Crippen LogP contribution is -2.20. The van der Waals surface area contributed by atoms with Crippen LogP contribution in [-0.2, 0) is 19.7 Å². The minimum absolute atomic E-state index is 0.252. The molecule has 1 atom stereocenters. The number of ether oxygens (including phenoxy) is 1. The van der Waals surface area contributed by atoms with Crippen molar-refractivity contribution >= 4 is 19.7 Å². The van der Waals surface area contributed by atoms with E-state index in [4.69, 9.17) is 4.74 Å². The number of hydrogen-bond acceptors (Lipinski definition) is 5. The SMILES string of the molecule is O=S1(=O)CC=CS(=O)(=O)C(c2ccc(Oc3ccccc3)cc2)C1. The Hall–Kier alpha value is -2.12. The predicted octanol–water partition coefficient (Wildman–Crippen LogP) is 2.88. The molecule has 24 heavy (non-hydrogen) atoms. The smallest absolute Gasteiger partial charge is 0.179 e. The van der Waals surface area contributed by atoms with Gasteiger partial charge in [-0.2, -0.15) is 0 Å². The summed E-state index contributed by atoms with van der Waals surface area (Å²) in [5.41, 5.74) is 0.436. The predicted molar refractivity (Wildman–Crippen MR) is 92.4 cm³/mol. The Morgan fingerprint density at radius 1 is 0.833 bits per heavy atom. The molecule has 126 valence electrons. The zero-order valence-electron chi connectivity index (χ0n) is 12.7.